The molecule has 142 valence electrons. The van der Waals surface area contributed by atoms with Gasteiger partial charge in [-0.1, -0.05) is 6.07 Å². The van der Waals surface area contributed by atoms with E-state index in [1.54, 1.807) is 38.1 Å². The van der Waals surface area contributed by atoms with Crippen molar-refractivity contribution >= 4 is 27.2 Å². The molecule has 9 heteroatoms. The van der Waals surface area contributed by atoms with Gasteiger partial charge in [0.2, 0.25) is 0 Å². The molecular formula is C18H21N5O3S. The van der Waals surface area contributed by atoms with E-state index in [4.69, 9.17) is 5.73 Å². The number of phenols is 1. The number of nitrogens with two attached hydrogens (primary N) is 1. The summed E-state index contributed by atoms with van der Waals surface area (Å²) in [6, 6.07) is 7.96. The highest BCUT2D eigenvalue weighted by Crippen LogP contribution is 2.30. The number of azo groups is 1. The third kappa shape index (κ3) is 5.65. The van der Waals surface area contributed by atoms with Gasteiger partial charge < -0.3 is 10.8 Å². The Kier molecular flexibility index (Phi) is 6.30. The highest BCUT2D eigenvalue weighted by Gasteiger charge is 2.13. The molecule has 0 spiro atoms. The second-order valence-corrected chi connectivity index (χ2v) is 7.66. The van der Waals surface area contributed by atoms with E-state index in [1.807, 2.05) is 0 Å². The molecule has 1 aromatic carbocycles. The fourth-order valence-corrected chi connectivity index (χ4v) is 2.72. The molecule has 0 saturated heterocycles. The SMILES string of the molecule is CC(=C\C=C(/C)S(=O)(=O)Nc1ccccn1)/N=N/c1cc(C)c(O)cc1N. The van der Waals surface area contributed by atoms with Crippen LogP contribution in [0, 0.1) is 6.92 Å². The number of pyridine rings is 1. The molecule has 2 rings (SSSR count). The summed E-state index contributed by atoms with van der Waals surface area (Å²) in [5.74, 6) is 0.326. The first-order valence-electron chi connectivity index (χ1n) is 7.99. The molecule has 0 radical (unpaired) electrons. The Labute approximate surface area is 158 Å². The van der Waals surface area contributed by atoms with Gasteiger partial charge in [-0.2, -0.15) is 5.11 Å². The molecule has 0 bridgehead atoms. The molecular weight excluding hydrogens is 366 g/mol. The van der Waals surface area contributed by atoms with Crippen molar-refractivity contribution in [3.63, 3.8) is 0 Å². The van der Waals surface area contributed by atoms with Crippen molar-refractivity contribution in [1.82, 2.24) is 4.98 Å². The number of anilines is 2. The number of aromatic nitrogens is 1. The fraction of sp³-hybridized carbons (Fsp3) is 0.167. The third-order valence-corrected chi connectivity index (χ3v) is 5.01. The van der Waals surface area contributed by atoms with Crippen molar-refractivity contribution in [2.24, 2.45) is 10.2 Å². The molecule has 0 saturated carbocycles. The lowest BCUT2D eigenvalue weighted by Crippen LogP contribution is -2.14. The van der Waals surface area contributed by atoms with Gasteiger partial charge in [-0.05, 0) is 56.7 Å². The summed E-state index contributed by atoms with van der Waals surface area (Å²) < 4.78 is 26.9. The van der Waals surface area contributed by atoms with Crippen molar-refractivity contribution in [1.29, 1.82) is 0 Å². The van der Waals surface area contributed by atoms with Gasteiger partial charge in [0.1, 0.15) is 17.3 Å². The second kappa shape index (κ2) is 8.45. The number of nitrogens with one attached hydrogen (secondary N) is 1. The first-order valence-corrected chi connectivity index (χ1v) is 9.47. The Hall–Kier alpha value is -3.20. The van der Waals surface area contributed by atoms with Crippen molar-refractivity contribution in [2.75, 3.05) is 10.5 Å². The van der Waals surface area contributed by atoms with Crippen LogP contribution in [0.3, 0.4) is 0 Å². The van der Waals surface area contributed by atoms with Crippen LogP contribution in [-0.2, 0) is 10.0 Å². The Balaban J connectivity index is 2.14. The van der Waals surface area contributed by atoms with E-state index in [2.05, 4.69) is 19.9 Å². The van der Waals surface area contributed by atoms with E-state index in [9.17, 15) is 13.5 Å². The standard InChI is InChI=1S/C18H21N5O3S/c1-12-10-16(15(19)11-17(12)24)22-21-13(2)7-8-14(3)27(25,26)23-18-6-4-5-9-20-18/h4-11,24H,19H2,1-3H3,(H,20,23)/b13-7+,14-8+,22-21+. The van der Waals surface area contributed by atoms with E-state index in [-0.39, 0.29) is 16.5 Å². The molecule has 2 aromatic rings. The second-order valence-electron chi connectivity index (χ2n) is 5.80. The minimum absolute atomic E-state index is 0.0860. The topological polar surface area (TPSA) is 130 Å². The number of nitrogen functional groups attached to an aromatic ring is 1. The van der Waals surface area contributed by atoms with Crippen LogP contribution < -0.4 is 10.5 Å². The quantitative estimate of drug-likeness (QED) is 0.392. The van der Waals surface area contributed by atoms with Crippen LogP contribution in [-0.4, -0.2) is 18.5 Å². The number of nitrogens with zero attached hydrogens (tertiary/aromatic N) is 3. The molecule has 1 aromatic heterocycles. The van der Waals surface area contributed by atoms with E-state index in [1.165, 1.54) is 31.3 Å². The molecule has 0 fully saturated rings. The minimum Gasteiger partial charge on any atom is -0.508 e. The van der Waals surface area contributed by atoms with Gasteiger partial charge in [0.25, 0.3) is 10.0 Å². The minimum atomic E-state index is -3.71. The average Bonchev–Trinajstić information content (AvgIpc) is 2.62. The first kappa shape index (κ1) is 20.1. The maximum atomic E-state index is 12.3. The number of hydrogen-bond donors (Lipinski definition) is 3. The summed E-state index contributed by atoms with van der Waals surface area (Å²) in [7, 11) is -3.71. The number of aryl methyl sites for hydroxylation is 1. The van der Waals surface area contributed by atoms with Gasteiger partial charge in [0.15, 0.2) is 0 Å². The van der Waals surface area contributed by atoms with Crippen LogP contribution in [0.25, 0.3) is 0 Å². The lowest BCUT2D eigenvalue weighted by atomic mass is 10.2. The molecule has 0 aliphatic rings. The molecule has 0 unspecified atom stereocenters. The summed E-state index contributed by atoms with van der Waals surface area (Å²) in [5.41, 5.74) is 7.61. The zero-order valence-electron chi connectivity index (χ0n) is 15.2. The van der Waals surface area contributed by atoms with Gasteiger partial charge in [-0.15, -0.1) is 5.11 Å². The lowest BCUT2D eigenvalue weighted by molar-refractivity contribution is 0.471. The Morgan fingerprint density at radius 1 is 1.26 bits per heavy atom. The van der Waals surface area contributed by atoms with Crippen LogP contribution in [0.5, 0.6) is 5.75 Å². The molecule has 0 aliphatic heterocycles. The number of rotatable bonds is 6. The summed E-state index contributed by atoms with van der Waals surface area (Å²) in [4.78, 5) is 4.03. The number of sulfonamides is 1. The Morgan fingerprint density at radius 2 is 2.00 bits per heavy atom. The van der Waals surface area contributed by atoms with Crippen LogP contribution >= 0.6 is 0 Å². The fourth-order valence-electron chi connectivity index (χ4n) is 1.92. The van der Waals surface area contributed by atoms with Gasteiger partial charge in [0, 0.05) is 12.3 Å². The molecule has 4 N–H and O–H groups in total. The number of benzene rings is 1. The molecule has 27 heavy (non-hydrogen) atoms. The summed E-state index contributed by atoms with van der Waals surface area (Å²) in [6.45, 7) is 4.87. The largest absolute Gasteiger partial charge is 0.508 e. The predicted molar refractivity (Wildman–Crippen MR) is 106 cm³/mol. The van der Waals surface area contributed by atoms with Crippen LogP contribution in [0.4, 0.5) is 17.2 Å². The van der Waals surface area contributed by atoms with E-state index < -0.39 is 10.0 Å². The zero-order valence-corrected chi connectivity index (χ0v) is 16.0. The summed E-state index contributed by atoms with van der Waals surface area (Å²) in [5, 5.41) is 17.6. The predicted octanol–water partition coefficient (Wildman–Crippen LogP) is 4.01. The molecule has 0 aliphatic carbocycles. The number of allylic oxidation sites excluding steroid dienone is 4. The average molecular weight is 387 g/mol. The smallest absolute Gasteiger partial charge is 0.258 e. The zero-order chi connectivity index (χ0) is 20.0. The molecule has 8 nitrogen and oxygen atoms in total. The first-order chi connectivity index (χ1) is 12.7. The van der Waals surface area contributed by atoms with Crippen LogP contribution in [0.2, 0.25) is 0 Å². The maximum Gasteiger partial charge on any atom is 0.258 e. The van der Waals surface area contributed by atoms with Crippen LogP contribution in [0.15, 0.2) is 69.5 Å². The van der Waals surface area contributed by atoms with E-state index in [0.29, 0.717) is 22.6 Å². The number of phenolic OH excluding ortho intramolecular Hbond substituents is 1. The van der Waals surface area contributed by atoms with Gasteiger partial charge in [-0.3, -0.25) is 4.72 Å². The summed E-state index contributed by atoms with van der Waals surface area (Å²) in [6.07, 6.45) is 4.45. The van der Waals surface area contributed by atoms with Crippen LogP contribution in [0.1, 0.15) is 19.4 Å². The van der Waals surface area contributed by atoms with Gasteiger partial charge >= 0.3 is 0 Å². The number of hydrogen-bond acceptors (Lipinski definition) is 7. The van der Waals surface area contributed by atoms with E-state index >= 15 is 0 Å². The molecule has 1 heterocycles. The third-order valence-electron chi connectivity index (χ3n) is 3.55. The van der Waals surface area contributed by atoms with E-state index in [0.717, 1.165) is 0 Å². The molecule has 0 atom stereocenters. The van der Waals surface area contributed by atoms with Crippen molar-refractivity contribution < 1.29 is 13.5 Å². The van der Waals surface area contributed by atoms with Crippen molar-refractivity contribution in [2.45, 2.75) is 20.8 Å². The summed E-state index contributed by atoms with van der Waals surface area (Å²) >= 11 is 0. The highest BCUT2D eigenvalue weighted by molar-refractivity contribution is 7.96. The Bertz CT molecular complexity index is 1010. The normalized spacial score (nSPS) is 13.1. The van der Waals surface area contributed by atoms with Crippen molar-refractivity contribution in [3.8, 4) is 5.75 Å². The number of aromatic hydroxyl groups is 1. The lowest BCUT2D eigenvalue weighted by Gasteiger charge is -2.06. The van der Waals surface area contributed by atoms with Gasteiger partial charge in [-0.25, -0.2) is 13.4 Å². The highest BCUT2D eigenvalue weighted by atomic mass is 32.2. The Morgan fingerprint density at radius 3 is 2.67 bits per heavy atom. The molecule has 0 amide bonds. The maximum absolute atomic E-state index is 12.3. The van der Waals surface area contributed by atoms with Crippen molar-refractivity contribution in [3.05, 3.63) is 64.8 Å². The monoisotopic (exact) mass is 387 g/mol. The van der Waals surface area contributed by atoms with Gasteiger partial charge in [0.05, 0.1) is 16.3 Å².